The van der Waals surface area contributed by atoms with Crippen molar-refractivity contribution in [2.24, 2.45) is 11.8 Å². The molecular weight excluding hydrogens is 316 g/mol. The van der Waals surface area contributed by atoms with Gasteiger partial charge in [0.25, 0.3) is 0 Å². The second kappa shape index (κ2) is 11.0. The number of hydrogen-bond donors (Lipinski definition) is 1. The van der Waals surface area contributed by atoms with Crippen molar-refractivity contribution < 1.29 is 5.11 Å². The number of phenols is 1. The zero-order valence-corrected chi connectivity index (χ0v) is 17.8. The largest absolute Gasteiger partial charge is 0.508 e. The van der Waals surface area contributed by atoms with Gasteiger partial charge in [0.1, 0.15) is 5.75 Å². The Kier molecular flexibility index (Phi) is 9.02. The maximum absolute atomic E-state index is 10.6. The van der Waals surface area contributed by atoms with E-state index < -0.39 is 0 Å². The normalized spacial score (nSPS) is 26.6. The molecule has 0 amide bonds. The summed E-state index contributed by atoms with van der Waals surface area (Å²) >= 11 is 0. The van der Waals surface area contributed by atoms with Crippen molar-refractivity contribution in [2.75, 3.05) is 0 Å². The minimum Gasteiger partial charge on any atom is -0.508 e. The highest BCUT2D eigenvalue weighted by molar-refractivity contribution is 5.43. The fraction of sp³-hybridized carbons (Fsp3) is 0.760. The highest BCUT2D eigenvalue weighted by Crippen LogP contribution is 2.43. The SMILES string of the molecule is CCCCCC1CC(CCCCC)CC(C)c2c(O)cccc2C(C)C1. The van der Waals surface area contributed by atoms with Crippen LogP contribution in [-0.2, 0) is 0 Å². The van der Waals surface area contributed by atoms with Crippen LogP contribution in [0.2, 0.25) is 0 Å². The topological polar surface area (TPSA) is 20.2 Å². The molecule has 1 nitrogen and oxygen atoms in total. The smallest absolute Gasteiger partial charge is 0.119 e. The Morgan fingerprint density at radius 2 is 1.38 bits per heavy atom. The summed E-state index contributed by atoms with van der Waals surface area (Å²) < 4.78 is 0. The Balaban J connectivity index is 2.22. The number of fused-ring (bicyclic) bond motifs is 1. The number of hydrogen-bond acceptors (Lipinski definition) is 1. The Morgan fingerprint density at radius 3 is 1.96 bits per heavy atom. The Bertz CT molecular complexity index is 521. The summed E-state index contributed by atoms with van der Waals surface area (Å²) in [4.78, 5) is 0. The summed E-state index contributed by atoms with van der Waals surface area (Å²) in [5.74, 6) is 3.22. The first-order chi connectivity index (χ1) is 12.6. The van der Waals surface area contributed by atoms with Gasteiger partial charge in [-0.15, -0.1) is 0 Å². The molecule has 1 heteroatoms. The number of aromatic hydroxyl groups is 1. The van der Waals surface area contributed by atoms with Crippen molar-refractivity contribution >= 4 is 0 Å². The summed E-state index contributed by atoms with van der Waals surface area (Å²) in [5.41, 5.74) is 2.65. The van der Waals surface area contributed by atoms with Crippen LogP contribution in [0.3, 0.4) is 0 Å². The fourth-order valence-electron chi connectivity index (χ4n) is 5.28. The third kappa shape index (κ3) is 6.03. The van der Waals surface area contributed by atoms with Gasteiger partial charge in [-0.3, -0.25) is 0 Å². The van der Waals surface area contributed by atoms with Crippen molar-refractivity contribution in [1.82, 2.24) is 0 Å². The molecule has 4 atom stereocenters. The fourth-order valence-corrected chi connectivity index (χ4v) is 5.28. The molecule has 0 radical (unpaired) electrons. The van der Waals surface area contributed by atoms with E-state index in [1.807, 2.05) is 12.1 Å². The summed E-state index contributed by atoms with van der Waals surface area (Å²) in [6.07, 6.45) is 14.8. The second-order valence-electron chi connectivity index (χ2n) is 9.01. The van der Waals surface area contributed by atoms with E-state index in [4.69, 9.17) is 0 Å². The van der Waals surface area contributed by atoms with E-state index in [1.165, 1.54) is 81.8 Å². The van der Waals surface area contributed by atoms with Gasteiger partial charge in [0.15, 0.2) is 0 Å². The lowest BCUT2D eigenvalue weighted by Gasteiger charge is -2.25. The van der Waals surface area contributed by atoms with Gasteiger partial charge in [-0.2, -0.15) is 0 Å². The third-order valence-electron chi connectivity index (χ3n) is 6.61. The minimum absolute atomic E-state index is 0.467. The first kappa shape index (κ1) is 21.3. The molecule has 0 spiro atoms. The maximum Gasteiger partial charge on any atom is 0.119 e. The van der Waals surface area contributed by atoms with Crippen molar-refractivity contribution in [3.05, 3.63) is 29.3 Å². The summed E-state index contributed by atoms with van der Waals surface area (Å²) in [6.45, 7) is 9.33. The number of rotatable bonds is 8. The van der Waals surface area contributed by atoms with Crippen LogP contribution in [0.5, 0.6) is 5.75 Å². The zero-order chi connectivity index (χ0) is 18.9. The monoisotopic (exact) mass is 358 g/mol. The highest BCUT2D eigenvalue weighted by Gasteiger charge is 2.28. The van der Waals surface area contributed by atoms with Crippen LogP contribution >= 0.6 is 0 Å². The van der Waals surface area contributed by atoms with Gasteiger partial charge in [0.2, 0.25) is 0 Å². The van der Waals surface area contributed by atoms with Crippen LogP contribution in [0.25, 0.3) is 0 Å². The van der Waals surface area contributed by atoms with Gasteiger partial charge in [-0.05, 0) is 54.6 Å². The average Bonchev–Trinajstić information content (AvgIpc) is 2.65. The molecule has 148 valence electrons. The van der Waals surface area contributed by atoms with Crippen LogP contribution in [0, 0.1) is 11.8 Å². The molecule has 1 aliphatic rings. The van der Waals surface area contributed by atoms with Gasteiger partial charge in [-0.1, -0.05) is 91.2 Å². The predicted octanol–water partition coefficient (Wildman–Crippen LogP) is 8.18. The number of phenolic OH excluding ortho intramolecular Hbond substituents is 1. The van der Waals surface area contributed by atoms with E-state index in [1.54, 1.807) is 0 Å². The first-order valence-corrected chi connectivity index (χ1v) is 11.4. The molecule has 0 heterocycles. The van der Waals surface area contributed by atoms with E-state index in [-0.39, 0.29) is 0 Å². The van der Waals surface area contributed by atoms with Crippen molar-refractivity contribution in [1.29, 1.82) is 0 Å². The molecular formula is C25H42O. The molecule has 0 saturated heterocycles. The third-order valence-corrected chi connectivity index (χ3v) is 6.61. The molecule has 1 N–H and O–H groups in total. The van der Waals surface area contributed by atoms with Gasteiger partial charge in [0.05, 0.1) is 0 Å². The summed E-state index contributed by atoms with van der Waals surface area (Å²) in [5, 5.41) is 10.6. The van der Waals surface area contributed by atoms with Gasteiger partial charge < -0.3 is 5.11 Å². The van der Waals surface area contributed by atoms with Crippen molar-refractivity contribution in [3.63, 3.8) is 0 Å². The molecule has 0 aliphatic heterocycles. The van der Waals surface area contributed by atoms with E-state index in [2.05, 4.69) is 33.8 Å². The zero-order valence-electron chi connectivity index (χ0n) is 17.8. The molecule has 26 heavy (non-hydrogen) atoms. The molecule has 2 rings (SSSR count). The van der Waals surface area contributed by atoms with Crippen molar-refractivity contribution in [2.45, 2.75) is 110 Å². The minimum atomic E-state index is 0.467. The first-order valence-electron chi connectivity index (χ1n) is 11.4. The Morgan fingerprint density at radius 1 is 0.808 bits per heavy atom. The Hall–Kier alpha value is -0.980. The molecule has 0 saturated carbocycles. The maximum atomic E-state index is 10.6. The quantitative estimate of drug-likeness (QED) is 0.464. The lowest BCUT2D eigenvalue weighted by molar-refractivity contribution is 0.282. The van der Waals surface area contributed by atoms with Crippen LogP contribution < -0.4 is 0 Å². The molecule has 0 bridgehead atoms. The van der Waals surface area contributed by atoms with Crippen molar-refractivity contribution in [3.8, 4) is 5.75 Å². The van der Waals surface area contributed by atoms with Gasteiger partial charge in [-0.25, -0.2) is 0 Å². The van der Waals surface area contributed by atoms with Crippen LogP contribution in [0.1, 0.15) is 121 Å². The molecule has 0 fully saturated rings. The standard InChI is InChI=1S/C25H42O/c1-5-7-9-12-21-16-19(3)23-14-11-15-24(26)25(23)20(4)17-22(18-21)13-10-8-6-2/h11,14-15,19-22,26H,5-10,12-13,16-18H2,1-4H3. The highest BCUT2D eigenvalue weighted by atomic mass is 16.3. The lowest BCUT2D eigenvalue weighted by atomic mass is 9.80. The second-order valence-corrected chi connectivity index (χ2v) is 9.01. The molecule has 1 aromatic rings. The van der Waals surface area contributed by atoms with E-state index in [0.717, 1.165) is 11.8 Å². The molecule has 4 unspecified atom stereocenters. The molecule has 1 aliphatic carbocycles. The summed E-state index contributed by atoms with van der Waals surface area (Å²) in [7, 11) is 0. The van der Waals surface area contributed by atoms with Crippen LogP contribution in [-0.4, -0.2) is 5.11 Å². The molecule has 0 aromatic heterocycles. The predicted molar refractivity (Wildman–Crippen MR) is 114 cm³/mol. The summed E-state index contributed by atoms with van der Waals surface area (Å²) in [6, 6.07) is 6.21. The number of benzene rings is 1. The number of unbranched alkanes of at least 4 members (excludes halogenated alkanes) is 4. The van der Waals surface area contributed by atoms with E-state index in [9.17, 15) is 5.11 Å². The molecule has 1 aromatic carbocycles. The van der Waals surface area contributed by atoms with Gasteiger partial charge in [0, 0.05) is 5.56 Å². The average molecular weight is 359 g/mol. The lowest BCUT2D eigenvalue weighted by Crippen LogP contribution is -2.12. The van der Waals surface area contributed by atoms with Crippen LogP contribution in [0.15, 0.2) is 18.2 Å². The van der Waals surface area contributed by atoms with Gasteiger partial charge >= 0.3 is 0 Å². The van der Waals surface area contributed by atoms with E-state index >= 15 is 0 Å². The van der Waals surface area contributed by atoms with E-state index in [0.29, 0.717) is 17.6 Å². The van der Waals surface area contributed by atoms with Crippen LogP contribution in [0.4, 0.5) is 0 Å². The Labute approximate surface area is 162 Å².